The molecule has 2 heterocycles. The van der Waals surface area contributed by atoms with Crippen LogP contribution in [0.1, 0.15) is 35.7 Å². The third-order valence-corrected chi connectivity index (χ3v) is 5.97. The van der Waals surface area contributed by atoms with Gasteiger partial charge in [0.2, 0.25) is 11.9 Å². The molecule has 0 spiro atoms. The monoisotopic (exact) mass is 462 g/mol. The van der Waals surface area contributed by atoms with E-state index in [4.69, 9.17) is 11.6 Å². The minimum atomic E-state index is -0.123. The Morgan fingerprint density at radius 1 is 1.12 bits per heavy atom. The minimum Gasteiger partial charge on any atom is -0.349 e. The molecule has 3 aromatic rings. The number of anilines is 5. The lowest BCUT2D eigenvalue weighted by Crippen LogP contribution is -2.26. The van der Waals surface area contributed by atoms with Crippen LogP contribution < -0.4 is 20.9 Å². The average Bonchev–Trinajstić information content (AvgIpc) is 3.51. The second-order valence-corrected chi connectivity index (χ2v) is 8.60. The molecule has 2 aliphatic rings. The van der Waals surface area contributed by atoms with Crippen molar-refractivity contribution in [3.05, 3.63) is 64.8 Å². The van der Waals surface area contributed by atoms with Gasteiger partial charge in [0.15, 0.2) is 5.82 Å². The number of fused-ring (bicyclic) bond motifs is 1. The highest BCUT2D eigenvalue weighted by Gasteiger charge is 2.25. The van der Waals surface area contributed by atoms with Crippen LogP contribution in [0.5, 0.6) is 0 Å². The fraction of sp³-hybridized carbons (Fsp3) is 0.250. The number of carbonyl (C=O) groups is 2. The molecule has 168 valence electrons. The number of carbonyl (C=O) groups excluding carboxylic acids is 2. The van der Waals surface area contributed by atoms with Gasteiger partial charge in [-0.1, -0.05) is 23.7 Å². The molecular formula is C24H23ClN6O2. The van der Waals surface area contributed by atoms with Crippen molar-refractivity contribution in [2.45, 2.75) is 32.2 Å². The zero-order valence-electron chi connectivity index (χ0n) is 18.1. The van der Waals surface area contributed by atoms with Gasteiger partial charge in [0.25, 0.3) is 5.91 Å². The van der Waals surface area contributed by atoms with Crippen LogP contribution in [0.3, 0.4) is 0 Å². The number of hydrogen-bond donors (Lipinski definition) is 3. The summed E-state index contributed by atoms with van der Waals surface area (Å²) in [5.74, 6) is 0.673. The highest BCUT2D eigenvalue weighted by Crippen LogP contribution is 2.32. The standard InChI is InChI=1S/C24H23ClN6O2/c1-14(32)31-11-10-15-12-17(8-9-21(15)31)28-24-26-13-19(25)22(30-24)29-20-5-3-2-4-18(20)23(33)27-16-6-7-16/h2-5,8-9,12-13,16H,6-7,10-11H2,1H3,(H,27,33)(H2,26,28,29,30). The zero-order valence-corrected chi connectivity index (χ0v) is 18.8. The molecule has 0 saturated heterocycles. The Morgan fingerprint density at radius 2 is 1.94 bits per heavy atom. The molecular weight excluding hydrogens is 440 g/mol. The molecule has 0 bridgehead atoms. The smallest absolute Gasteiger partial charge is 0.253 e. The van der Waals surface area contributed by atoms with Crippen molar-refractivity contribution in [1.29, 1.82) is 0 Å². The maximum atomic E-state index is 12.6. The van der Waals surface area contributed by atoms with Gasteiger partial charge in [-0.3, -0.25) is 9.59 Å². The largest absolute Gasteiger partial charge is 0.349 e. The summed E-state index contributed by atoms with van der Waals surface area (Å²) >= 11 is 6.34. The Balaban J connectivity index is 1.36. The van der Waals surface area contributed by atoms with Gasteiger partial charge < -0.3 is 20.9 Å². The lowest BCUT2D eigenvalue weighted by molar-refractivity contribution is -0.116. The van der Waals surface area contributed by atoms with Crippen molar-refractivity contribution in [1.82, 2.24) is 15.3 Å². The van der Waals surface area contributed by atoms with Gasteiger partial charge in [-0.15, -0.1) is 0 Å². The molecule has 2 aromatic carbocycles. The quantitative estimate of drug-likeness (QED) is 0.501. The fourth-order valence-electron chi connectivity index (χ4n) is 3.86. The molecule has 1 saturated carbocycles. The van der Waals surface area contributed by atoms with Crippen molar-refractivity contribution in [3.8, 4) is 0 Å². The Hall–Kier alpha value is -3.65. The van der Waals surface area contributed by atoms with E-state index in [2.05, 4.69) is 25.9 Å². The number of para-hydroxylation sites is 1. The summed E-state index contributed by atoms with van der Waals surface area (Å²) in [6, 6.07) is 13.3. The summed E-state index contributed by atoms with van der Waals surface area (Å²) in [4.78, 5) is 34.9. The molecule has 2 amide bonds. The number of halogens is 1. The molecule has 0 atom stereocenters. The van der Waals surface area contributed by atoms with Crippen LogP contribution in [0.2, 0.25) is 5.02 Å². The summed E-state index contributed by atoms with van der Waals surface area (Å²) < 4.78 is 0. The number of hydrogen-bond acceptors (Lipinski definition) is 6. The van der Waals surface area contributed by atoms with E-state index in [1.165, 1.54) is 6.20 Å². The maximum absolute atomic E-state index is 12.6. The van der Waals surface area contributed by atoms with Crippen molar-refractivity contribution in [2.75, 3.05) is 22.1 Å². The molecule has 3 N–H and O–H groups in total. The Kier molecular flexibility index (Phi) is 5.60. The van der Waals surface area contributed by atoms with Crippen LogP contribution in [0.4, 0.5) is 28.8 Å². The molecule has 1 aliphatic heterocycles. The van der Waals surface area contributed by atoms with Gasteiger partial charge in [0.1, 0.15) is 5.02 Å². The summed E-state index contributed by atoms with van der Waals surface area (Å²) in [7, 11) is 0. The number of aromatic nitrogens is 2. The van der Waals surface area contributed by atoms with Crippen molar-refractivity contribution in [2.24, 2.45) is 0 Å². The summed E-state index contributed by atoms with van der Waals surface area (Å²) in [5.41, 5.74) is 3.99. The van der Waals surface area contributed by atoms with Crippen LogP contribution in [-0.2, 0) is 11.2 Å². The van der Waals surface area contributed by atoms with E-state index in [1.807, 2.05) is 36.4 Å². The Labute approximate surface area is 196 Å². The minimum absolute atomic E-state index is 0.0392. The van der Waals surface area contributed by atoms with E-state index in [9.17, 15) is 9.59 Å². The van der Waals surface area contributed by atoms with E-state index in [0.717, 1.165) is 36.2 Å². The van der Waals surface area contributed by atoms with Crippen LogP contribution in [0, 0.1) is 0 Å². The second kappa shape index (κ2) is 8.71. The molecule has 5 rings (SSSR count). The third kappa shape index (κ3) is 4.61. The van der Waals surface area contributed by atoms with Crippen molar-refractivity contribution in [3.63, 3.8) is 0 Å². The number of amides is 2. The normalized spacial score (nSPS) is 14.5. The van der Waals surface area contributed by atoms with Gasteiger partial charge in [0.05, 0.1) is 17.4 Å². The maximum Gasteiger partial charge on any atom is 0.253 e. The van der Waals surface area contributed by atoms with E-state index in [1.54, 1.807) is 17.9 Å². The highest BCUT2D eigenvalue weighted by atomic mass is 35.5. The number of nitrogens with zero attached hydrogens (tertiary/aromatic N) is 3. The van der Waals surface area contributed by atoms with Crippen LogP contribution >= 0.6 is 11.6 Å². The van der Waals surface area contributed by atoms with Gasteiger partial charge in [-0.05, 0) is 55.2 Å². The van der Waals surface area contributed by atoms with Crippen molar-refractivity contribution >= 4 is 52.2 Å². The fourth-order valence-corrected chi connectivity index (χ4v) is 4.00. The van der Waals surface area contributed by atoms with E-state index < -0.39 is 0 Å². The summed E-state index contributed by atoms with van der Waals surface area (Å²) in [5, 5.41) is 9.71. The molecule has 9 heteroatoms. The van der Waals surface area contributed by atoms with E-state index >= 15 is 0 Å². The Bertz CT molecular complexity index is 1240. The topological polar surface area (TPSA) is 99.3 Å². The first-order chi connectivity index (χ1) is 16.0. The number of benzene rings is 2. The van der Waals surface area contributed by atoms with Crippen LogP contribution in [0.25, 0.3) is 0 Å². The molecule has 33 heavy (non-hydrogen) atoms. The Morgan fingerprint density at radius 3 is 2.73 bits per heavy atom. The van der Waals surface area contributed by atoms with Crippen LogP contribution in [0.15, 0.2) is 48.7 Å². The van der Waals surface area contributed by atoms with Crippen LogP contribution in [-0.4, -0.2) is 34.4 Å². The van der Waals surface area contributed by atoms with Gasteiger partial charge >= 0.3 is 0 Å². The number of rotatable bonds is 6. The first kappa shape index (κ1) is 21.2. The molecule has 1 fully saturated rings. The molecule has 8 nitrogen and oxygen atoms in total. The van der Waals surface area contributed by atoms with E-state index in [0.29, 0.717) is 34.6 Å². The van der Waals surface area contributed by atoms with Gasteiger partial charge in [-0.25, -0.2) is 4.98 Å². The van der Waals surface area contributed by atoms with Crippen molar-refractivity contribution < 1.29 is 9.59 Å². The zero-order chi connectivity index (χ0) is 22.9. The molecule has 0 radical (unpaired) electrons. The lowest BCUT2D eigenvalue weighted by Gasteiger charge is -2.15. The van der Waals surface area contributed by atoms with E-state index in [-0.39, 0.29) is 17.9 Å². The summed E-state index contributed by atoms with van der Waals surface area (Å²) in [6.45, 7) is 2.26. The second-order valence-electron chi connectivity index (χ2n) is 8.20. The molecule has 0 unspecified atom stereocenters. The first-order valence-corrected chi connectivity index (χ1v) is 11.2. The van der Waals surface area contributed by atoms with Gasteiger partial charge in [-0.2, -0.15) is 4.98 Å². The number of nitrogens with one attached hydrogen (secondary N) is 3. The lowest BCUT2D eigenvalue weighted by atomic mass is 10.1. The predicted octanol–water partition coefficient (Wildman–Crippen LogP) is 4.42. The first-order valence-electron chi connectivity index (χ1n) is 10.9. The molecule has 1 aromatic heterocycles. The van der Waals surface area contributed by atoms with Gasteiger partial charge in [0, 0.05) is 30.9 Å². The highest BCUT2D eigenvalue weighted by molar-refractivity contribution is 6.33. The third-order valence-electron chi connectivity index (χ3n) is 5.69. The SMILES string of the molecule is CC(=O)N1CCc2cc(Nc3ncc(Cl)c(Nc4ccccc4C(=O)NC4CC4)n3)ccc21. The predicted molar refractivity (Wildman–Crippen MR) is 129 cm³/mol. The average molecular weight is 463 g/mol. The summed E-state index contributed by atoms with van der Waals surface area (Å²) in [6.07, 6.45) is 4.35. The molecule has 1 aliphatic carbocycles.